The molecule has 2 N–H and O–H groups in total. The fourth-order valence-electron chi connectivity index (χ4n) is 2.84. The Morgan fingerprint density at radius 2 is 1.80 bits per heavy atom. The molecule has 0 unspecified atom stereocenters. The number of amides is 1. The minimum Gasteiger partial charge on any atom is -0.399 e. The van der Waals surface area contributed by atoms with Crippen LogP contribution < -0.4 is 5.73 Å². The Labute approximate surface area is 154 Å². The summed E-state index contributed by atoms with van der Waals surface area (Å²) in [6.45, 7) is 1.33. The fraction of sp³-hybridized carbons (Fsp3) is 0.350. The van der Waals surface area contributed by atoms with Gasteiger partial charge in [-0.15, -0.1) is 12.4 Å². The highest BCUT2D eigenvalue weighted by Crippen LogP contribution is 2.30. The second-order valence-electron chi connectivity index (χ2n) is 6.54. The molecule has 3 rings (SSSR count). The third kappa shape index (κ3) is 5.75. The van der Waals surface area contributed by atoms with Crippen LogP contribution in [0.1, 0.15) is 30.4 Å². The van der Waals surface area contributed by atoms with E-state index in [1.807, 2.05) is 29.2 Å². The van der Waals surface area contributed by atoms with Crippen molar-refractivity contribution in [3.8, 4) is 0 Å². The minimum absolute atomic E-state index is 0. The predicted molar refractivity (Wildman–Crippen MR) is 101 cm³/mol. The molecule has 0 saturated heterocycles. The van der Waals surface area contributed by atoms with E-state index in [9.17, 15) is 9.18 Å². The van der Waals surface area contributed by atoms with E-state index in [-0.39, 0.29) is 24.1 Å². The highest BCUT2D eigenvalue weighted by atomic mass is 35.5. The number of anilines is 1. The largest absolute Gasteiger partial charge is 0.399 e. The molecular formula is C20H24ClFN2O. The Balaban J connectivity index is 0.00000225. The zero-order chi connectivity index (χ0) is 16.9. The zero-order valence-electron chi connectivity index (χ0n) is 14.2. The third-order valence-electron chi connectivity index (χ3n) is 4.48. The van der Waals surface area contributed by atoms with Crippen LogP contribution in [0.15, 0.2) is 48.5 Å². The van der Waals surface area contributed by atoms with Crippen LogP contribution >= 0.6 is 12.4 Å². The van der Waals surface area contributed by atoms with E-state index in [2.05, 4.69) is 0 Å². The first-order valence-corrected chi connectivity index (χ1v) is 8.47. The quantitative estimate of drug-likeness (QED) is 0.750. The van der Waals surface area contributed by atoms with Crippen molar-refractivity contribution in [3.63, 3.8) is 0 Å². The molecule has 1 aliphatic carbocycles. The van der Waals surface area contributed by atoms with E-state index < -0.39 is 0 Å². The lowest BCUT2D eigenvalue weighted by Gasteiger charge is -2.23. The Bertz CT molecular complexity index is 701. The Hall–Kier alpha value is -2.07. The molecule has 1 amide bonds. The molecule has 2 aromatic carbocycles. The lowest BCUT2D eigenvalue weighted by molar-refractivity contribution is -0.132. The molecule has 1 saturated carbocycles. The maximum absolute atomic E-state index is 13.1. The van der Waals surface area contributed by atoms with Gasteiger partial charge in [-0.25, -0.2) is 4.39 Å². The van der Waals surface area contributed by atoms with Gasteiger partial charge in [-0.1, -0.05) is 30.3 Å². The second kappa shape index (κ2) is 8.86. The van der Waals surface area contributed by atoms with Crippen LogP contribution in [-0.4, -0.2) is 17.4 Å². The summed E-state index contributed by atoms with van der Waals surface area (Å²) in [6, 6.07) is 14.0. The van der Waals surface area contributed by atoms with E-state index in [0.717, 1.165) is 23.4 Å². The van der Waals surface area contributed by atoms with Crippen LogP contribution in [0, 0.1) is 11.7 Å². The Morgan fingerprint density at radius 1 is 1.12 bits per heavy atom. The lowest BCUT2D eigenvalue weighted by Crippen LogP contribution is -2.32. The van der Waals surface area contributed by atoms with E-state index in [1.54, 1.807) is 12.1 Å². The predicted octanol–water partition coefficient (Wildman–Crippen LogP) is 4.20. The van der Waals surface area contributed by atoms with Crippen LogP contribution in [0.3, 0.4) is 0 Å². The number of rotatable bonds is 7. The summed E-state index contributed by atoms with van der Waals surface area (Å²) in [6.07, 6.45) is 3.48. The molecule has 25 heavy (non-hydrogen) atoms. The number of hydrogen-bond acceptors (Lipinski definition) is 2. The highest BCUT2D eigenvalue weighted by Gasteiger charge is 2.26. The Morgan fingerprint density at radius 3 is 2.44 bits per heavy atom. The number of para-hydroxylation sites is 1. The smallest absolute Gasteiger partial charge is 0.223 e. The first-order chi connectivity index (χ1) is 11.6. The normalized spacial score (nSPS) is 13.2. The van der Waals surface area contributed by atoms with Crippen molar-refractivity contribution in [3.05, 3.63) is 65.5 Å². The number of nitrogens with zero attached hydrogens (tertiary/aromatic N) is 1. The number of halogens is 2. The maximum Gasteiger partial charge on any atom is 0.223 e. The van der Waals surface area contributed by atoms with Gasteiger partial charge in [0.15, 0.2) is 0 Å². The fourth-order valence-corrected chi connectivity index (χ4v) is 2.84. The molecule has 0 aliphatic heterocycles. The van der Waals surface area contributed by atoms with Crippen LogP contribution in [0.4, 0.5) is 10.1 Å². The van der Waals surface area contributed by atoms with E-state index in [0.29, 0.717) is 25.3 Å². The number of carbonyl (C=O) groups is 1. The van der Waals surface area contributed by atoms with E-state index >= 15 is 0 Å². The van der Waals surface area contributed by atoms with Gasteiger partial charge in [0, 0.05) is 25.2 Å². The van der Waals surface area contributed by atoms with Gasteiger partial charge < -0.3 is 10.6 Å². The van der Waals surface area contributed by atoms with Crippen molar-refractivity contribution in [2.45, 2.75) is 32.2 Å². The van der Waals surface area contributed by atoms with Crippen molar-refractivity contribution in [2.24, 2.45) is 5.92 Å². The van der Waals surface area contributed by atoms with E-state index in [1.165, 1.54) is 25.0 Å². The molecule has 0 bridgehead atoms. The molecule has 134 valence electrons. The van der Waals surface area contributed by atoms with Crippen molar-refractivity contribution < 1.29 is 9.18 Å². The standard InChI is InChI=1S/C20H23FN2O.ClH/c21-18-10-7-16(8-11-18)14-23(13-15-5-6-15)20(24)12-9-17-3-1-2-4-19(17)22;/h1-4,7-8,10-11,15H,5-6,9,12-14,22H2;1H. The molecule has 1 aliphatic rings. The first kappa shape index (κ1) is 19.3. The number of benzene rings is 2. The number of carbonyl (C=O) groups excluding carboxylic acids is 1. The van der Waals surface area contributed by atoms with Gasteiger partial charge in [0.2, 0.25) is 5.91 Å². The van der Waals surface area contributed by atoms with Crippen molar-refractivity contribution in [1.29, 1.82) is 0 Å². The van der Waals surface area contributed by atoms with Crippen LogP contribution in [-0.2, 0) is 17.8 Å². The summed E-state index contributed by atoms with van der Waals surface area (Å²) in [5.41, 5.74) is 8.66. The van der Waals surface area contributed by atoms with Crippen molar-refractivity contribution in [2.75, 3.05) is 12.3 Å². The summed E-state index contributed by atoms with van der Waals surface area (Å²) in [5, 5.41) is 0. The zero-order valence-corrected chi connectivity index (χ0v) is 15.0. The van der Waals surface area contributed by atoms with Gasteiger partial charge in [-0.05, 0) is 54.5 Å². The van der Waals surface area contributed by atoms with Gasteiger partial charge in [0.25, 0.3) is 0 Å². The number of aryl methyl sites for hydroxylation is 1. The average Bonchev–Trinajstić information content (AvgIpc) is 3.39. The number of nitrogen functional groups attached to an aromatic ring is 1. The summed E-state index contributed by atoms with van der Waals surface area (Å²) < 4.78 is 13.1. The van der Waals surface area contributed by atoms with Gasteiger partial charge >= 0.3 is 0 Å². The summed E-state index contributed by atoms with van der Waals surface area (Å²) in [5.74, 6) is 0.504. The summed E-state index contributed by atoms with van der Waals surface area (Å²) in [4.78, 5) is 14.6. The van der Waals surface area contributed by atoms with Crippen LogP contribution in [0.5, 0.6) is 0 Å². The SMILES string of the molecule is Cl.Nc1ccccc1CCC(=O)N(Cc1ccc(F)cc1)CC1CC1. The molecule has 1 fully saturated rings. The highest BCUT2D eigenvalue weighted by molar-refractivity contribution is 5.85. The molecule has 0 spiro atoms. The van der Waals surface area contributed by atoms with Crippen molar-refractivity contribution >= 4 is 24.0 Å². The number of nitrogens with two attached hydrogens (primary N) is 1. The van der Waals surface area contributed by atoms with Gasteiger partial charge in [-0.3, -0.25) is 4.79 Å². The average molecular weight is 363 g/mol. The van der Waals surface area contributed by atoms with Gasteiger partial charge in [0.05, 0.1) is 0 Å². The molecule has 0 aromatic heterocycles. The Kier molecular flexibility index (Phi) is 6.82. The second-order valence-corrected chi connectivity index (χ2v) is 6.54. The molecule has 3 nitrogen and oxygen atoms in total. The molecule has 0 heterocycles. The summed E-state index contributed by atoms with van der Waals surface area (Å²) in [7, 11) is 0. The molecule has 5 heteroatoms. The topological polar surface area (TPSA) is 46.3 Å². The molecule has 0 atom stereocenters. The maximum atomic E-state index is 13.1. The lowest BCUT2D eigenvalue weighted by atomic mass is 10.1. The molecule has 2 aromatic rings. The molecule has 0 radical (unpaired) electrons. The summed E-state index contributed by atoms with van der Waals surface area (Å²) >= 11 is 0. The molecular weight excluding hydrogens is 339 g/mol. The third-order valence-corrected chi connectivity index (χ3v) is 4.48. The van der Waals surface area contributed by atoms with E-state index in [4.69, 9.17) is 5.73 Å². The van der Waals surface area contributed by atoms with Gasteiger partial charge in [0.1, 0.15) is 5.82 Å². The number of hydrogen-bond donors (Lipinski definition) is 1. The minimum atomic E-state index is -0.252. The van der Waals surface area contributed by atoms with Crippen LogP contribution in [0.25, 0.3) is 0 Å². The van der Waals surface area contributed by atoms with Gasteiger partial charge in [-0.2, -0.15) is 0 Å². The monoisotopic (exact) mass is 362 g/mol. The first-order valence-electron chi connectivity index (χ1n) is 8.47. The van der Waals surface area contributed by atoms with Crippen molar-refractivity contribution in [1.82, 2.24) is 4.90 Å². The van der Waals surface area contributed by atoms with Crippen LogP contribution in [0.2, 0.25) is 0 Å².